The van der Waals surface area contributed by atoms with Gasteiger partial charge in [-0.3, -0.25) is 5.32 Å². The van der Waals surface area contributed by atoms with Crippen LogP contribution in [0.25, 0.3) is 0 Å². The molecule has 1 aromatic carbocycles. The number of nitrogens with one attached hydrogen (secondary N) is 1. The molecule has 0 aliphatic carbocycles. The molecule has 1 N–H and O–H groups in total. The van der Waals surface area contributed by atoms with Gasteiger partial charge in [0.1, 0.15) is 11.4 Å². The van der Waals surface area contributed by atoms with Gasteiger partial charge in [0.05, 0.1) is 6.07 Å². The van der Waals surface area contributed by atoms with Gasteiger partial charge in [0.15, 0.2) is 0 Å². The van der Waals surface area contributed by atoms with Gasteiger partial charge in [-0.2, -0.15) is 5.26 Å². The first-order valence-electron chi connectivity index (χ1n) is 5.69. The summed E-state index contributed by atoms with van der Waals surface area (Å²) in [6.07, 6.45) is 0. The highest BCUT2D eigenvalue weighted by Crippen LogP contribution is 2.23. The Bertz CT molecular complexity index is 430. The quantitative estimate of drug-likeness (QED) is 0.869. The highest BCUT2D eigenvalue weighted by Gasteiger charge is 2.25. The molecule has 0 heterocycles. The fraction of sp³-hybridized carbons (Fsp3) is 0.500. The van der Waals surface area contributed by atoms with Crippen molar-refractivity contribution in [2.24, 2.45) is 0 Å². The van der Waals surface area contributed by atoms with Crippen LogP contribution in [0.1, 0.15) is 33.3 Å². The van der Waals surface area contributed by atoms with Crippen molar-refractivity contribution in [3.63, 3.8) is 0 Å². The van der Waals surface area contributed by atoms with Crippen LogP contribution < -0.4 is 5.32 Å². The molecule has 0 saturated heterocycles. The smallest absolute Gasteiger partial charge is 0.123 e. The molecule has 0 atom stereocenters. The molecule has 0 saturated carbocycles. The Kier molecular flexibility index (Phi) is 3.90. The molecule has 0 unspecified atom stereocenters. The number of hydrogen-bond acceptors (Lipinski definition) is 2. The van der Waals surface area contributed by atoms with Gasteiger partial charge in [0.2, 0.25) is 0 Å². The van der Waals surface area contributed by atoms with E-state index >= 15 is 0 Å². The third-order valence-corrected chi connectivity index (χ3v) is 2.86. The Morgan fingerprint density at radius 3 is 2.47 bits per heavy atom. The highest BCUT2D eigenvalue weighted by molar-refractivity contribution is 5.25. The van der Waals surface area contributed by atoms with Crippen molar-refractivity contribution in [3.8, 4) is 6.07 Å². The summed E-state index contributed by atoms with van der Waals surface area (Å²) in [6.45, 7) is 8.34. The normalized spacial score (nSPS) is 12.2. The first-order chi connectivity index (χ1) is 7.77. The van der Waals surface area contributed by atoms with Crippen LogP contribution in [0.4, 0.5) is 4.39 Å². The lowest BCUT2D eigenvalue weighted by Crippen LogP contribution is -2.44. The van der Waals surface area contributed by atoms with Crippen molar-refractivity contribution in [1.82, 2.24) is 5.32 Å². The SMILES string of the molecule is CC(C)(C#N)NCC(C)(C)c1cccc(F)c1. The van der Waals surface area contributed by atoms with Gasteiger partial charge in [-0.1, -0.05) is 26.0 Å². The zero-order valence-corrected chi connectivity index (χ0v) is 10.8. The fourth-order valence-corrected chi connectivity index (χ4v) is 1.49. The summed E-state index contributed by atoms with van der Waals surface area (Å²) >= 11 is 0. The number of benzene rings is 1. The molecule has 17 heavy (non-hydrogen) atoms. The van der Waals surface area contributed by atoms with Crippen LogP contribution in [0.3, 0.4) is 0 Å². The van der Waals surface area contributed by atoms with Crippen molar-refractivity contribution in [1.29, 1.82) is 5.26 Å². The lowest BCUT2D eigenvalue weighted by molar-refractivity contribution is 0.396. The second-order valence-electron chi connectivity index (χ2n) is 5.48. The summed E-state index contributed by atoms with van der Waals surface area (Å²) in [5.41, 5.74) is 0.152. The first-order valence-corrected chi connectivity index (χ1v) is 5.69. The minimum absolute atomic E-state index is 0.212. The summed E-state index contributed by atoms with van der Waals surface area (Å²) in [6, 6.07) is 8.79. The number of nitrogens with zero attached hydrogens (tertiary/aromatic N) is 1. The van der Waals surface area contributed by atoms with Gasteiger partial charge in [0, 0.05) is 12.0 Å². The minimum Gasteiger partial charge on any atom is -0.299 e. The molecule has 3 heteroatoms. The second-order valence-corrected chi connectivity index (χ2v) is 5.48. The molecule has 92 valence electrons. The summed E-state index contributed by atoms with van der Waals surface area (Å²) in [5.74, 6) is -0.227. The predicted molar refractivity (Wildman–Crippen MR) is 67.1 cm³/mol. The lowest BCUT2D eigenvalue weighted by atomic mass is 9.84. The molecule has 0 amide bonds. The van der Waals surface area contributed by atoms with Crippen LogP contribution in [0.15, 0.2) is 24.3 Å². The summed E-state index contributed by atoms with van der Waals surface area (Å²) in [7, 11) is 0. The van der Waals surface area contributed by atoms with Crippen LogP contribution in [0.5, 0.6) is 0 Å². The van der Waals surface area contributed by atoms with E-state index in [1.807, 2.05) is 33.8 Å². The molecule has 0 bridgehead atoms. The molecule has 0 fully saturated rings. The Labute approximate surface area is 102 Å². The van der Waals surface area contributed by atoms with Crippen molar-refractivity contribution in [3.05, 3.63) is 35.6 Å². The van der Waals surface area contributed by atoms with Gasteiger partial charge >= 0.3 is 0 Å². The Morgan fingerprint density at radius 1 is 1.29 bits per heavy atom. The number of hydrogen-bond donors (Lipinski definition) is 1. The molecule has 0 spiro atoms. The second kappa shape index (κ2) is 4.85. The summed E-state index contributed by atoms with van der Waals surface area (Å²) in [5, 5.41) is 12.1. The molecule has 1 aromatic rings. The van der Waals surface area contributed by atoms with E-state index in [-0.39, 0.29) is 11.2 Å². The molecule has 0 radical (unpaired) electrons. The van der Waals surface area contributed by atoms with Crippen LogP contribution in [-0.2, 0) is 5.41 Å². The van der Waals surface area contributed by atoms with Crippen molar-refractivity contribution in [2.75, 3.05) is 6.54 Å². The van der Waals surface area contributed by atoms with Gasteiger partial charge < -0.3 is 0 Å². The van der Waals surface area contributed by atoms with E-state index in [0.29, 0.717) is 6.54 Å². The van der Waals surface area contributed by atoms with Crippen LogP contribution in [-0.4, -0.2) is 12.1 Å². The average Bonchev–Trinajstić information content (AvgIpc) is 2.27. The van der Waals surface area contributed by atoms with Crippen LogP contribution >= 0.6 is 0 Å². The van der Waals surface area contributed by atoms with E-state index in [1.165, 1.54) is 6.07 Å². The average molecular weight is 234 g/mol. The highest BCUT2D eigenvalue weighted by atomic mass is 19.1. The zero-order chi connectivity index (χ0) is 13.1. The van der Waals surface area contributed by atoms with E-state index in [4.69, 9.17) is 5.26 Å². The molecule has 1 rings (SSSR count). The van der Waals surface area contributed by atoms with Crippen molar-refractivity contribution >= 4 is 0 Å². The molecule has 0 aliphatic heterocycles. The monoisotopic (exact) mass is 234 g/mol. The van der Waals surface area contributed by atoms with Crippen LogP contribution in [0.2, 0.25) is 0 Å². The van der Waals surface area contributed by atoms with E-state index in [0.717, 1.165) is 5.56 Å². The maximum absolute atomic E-state index is 13.2. The maximum atomic E-state index is 13.2. The molecule has 0 aliphatic rings. The van der Waals surface area contributed by atoms with E-state index < -0.39 is 5.54 Å². The molecule has 2 nitrogen and oxygen atoms in total. The van der Waals surface area contributed by atoms with E-state index in [9.17, 15) is 4.39 Å². The van der Waals surface area contributed by atoms with Crippen LogP contribution in [0, 0.1) is 17.1 Å². The first kappa shape index (κ1) is 13.7. The third-order valence-electron chi connectivity index (χ3n) is 2.86. The Morgan fingerprint density at radius 2 is 1.94 bits per heavy atom. The molecule has 0 aromatic heterocycles. The number of rotatable bonds is 4. The van der Waals surface area contributed by atoms with Gasteiger partial charge in [0.25, 0.3) is 0 Å². The predicted octanol–water partition coefficient (Wildman–Crippen LogP) is 3.00. The lowest BCUT2D eigenvalue weighted by Gasteiger charge is -2.29. The van der Waals surface area contributed by atoms with Gasteiger partial charge in [-0.05, 0) is 31.5 Å². The molecular formula is C14H19FN2. The zero-order valence-electron chi connectivity index (χ0n) is 10.8. The third kappa shape index (κ3) is 3.83. The van der Waals surface area contributed by atoms with Crippen molar-refractivity contribution in [2.45, 2.75) is 38.6 Å². The largest absolute Gasteiger partial charge is 0.299 e. The fourth-order valence-electron chi connectivity index (χ4n) is 1.49. The topological polar surface area (TPSA) is 35.8 Å². The van der Waals surface area contributed by atoms with Crippen molar-refractivity contribution < 1.29 is 4.39 Å². The maximum Gasteiger partial charge on any atom is 0.123 e. The van der Waals surface area contributed by atoms with Gasteiger partial charge in [-0.15, -0.1) is 0 Å². The minimum atomic E-state index is -0.565. The Balaban J connectivity index is 2.79. The van der Waals surface area contributed by atoms with Gasteiger partial charge in [-0.25, -0.2) is 4.39 Å². The standard InChI is InChI=1S/C14H19FN2/c1-13(2,10-17-14(3,4)9-16)11-6-5-7-12(15)8-11/h5-8,17H,10H2,1-4H3. The number of nitriles is 1. The molecular weight excluding hydrogens is 215 g/mol. The Hall–Kier alpha value is -1.40. The summed E-state index contributed by atoms with van der Waals surface area (Å²) < 4.78 is 13.2. The van der Waals surface area contributed by atoms with E-state index in [1.54, 1.807) is 12.1 Å². The summed E-state index contributed by atoms with van der Waals surface area (Å²) in [4.78, 5) is 0. The van der Waals surface area contributed by atoms with E-state index in [2.05, 4.69) is 11.4 Å². The number of halogens is 1.